The van der Waals surface area contributed by atoms with Crippen molar-refractivity contribution in [2.24, 2.45) is 0 Å². The van der Waals surface area contributed by atoms with Crippen molar-refractivity contribution in [3.8, 4) is 11.4 Å². The van der Waals surface area contributed by atoms with Gasteiger partial charge in [-0.2, -0.15) is 4.98 Å². The normalized spacial score (nSPS) is 19.3. The fraction of sp³-hybridized carbons (Fsp3) is 0.385. The van der Waals surface area contributed by atoms with Crippen molar-refractivity contribution >= 4 is 15.9 Å². The summed E-state index contributed by atoms with van der Waals surface area (Å²) in [6.07, 6.45) is 3.24. The van der Waals surface area contributed by atoms with Gasteiger partial charge in [0, 0.05) is 22.5 Å². The molecule has 0 saturated carbocycles. The van der Waals surface area contributed by atoms with Gasteiger partial charge in [-0.3, -0.25) is 0 Å². The summed E-state index contributed by atoms with van der Waals surface area (Å²) in [6, 6.07) is 8.40. The van der Waals surface area contributed by atoms with Crippen molar-refractivity contribution < 1.29 is 4.52 Å². The zero-order valence-electron chi connectivity index (χ0n) is 9.90. The molecule has 1 atom stereocenters. The molecule has 0 amide bonds. The van der Waals surface area contributed by atoms with Crippen LogP contribution in [0.25, 0.3) is 11.4 Å². The van der Waals surface area contributed by atoms with E-state index in [0.29, 0.717) is 17.8 Å². The number of hydrogen-bond acceptors (Lipinski definition) is 4. The summed E-state index contributed by atoms with van der Waals surface area (Å²) in [6.45, 7) is 1.09. The lowest BCUT2D eigenvalue weighted by atomic mass is 10.1. The van der Waals surface area contributed by atoms with Crippen LogP contribution in [0.1, 0.15) is 18.7 Å². The van der Waals surface area contributed by atoms with Crippen LogP contribution in [0.15, 0.2) is 33.3 Å². The summed E-state index contributed by atoms with van der Waals surface area (Å²) >= 11 is 3.44. The number of nitrogens with zero attached hydrogens (tertiary/aromatic N) is 2. The van der Waals surface area contributed by atoms with E-state index in [9.17, 15) is 0 Å². The first-order valence-electron chi connectivity index (χ1n) is 6.13. The van der Waals surface area contributed by atoms with E-state index in [4.69, 9.17) is 4.52 Å². The molecule has 1 fully saturated rings. The van der Waals surface area contributed by atoms with E-state index in [0.717, 1.165) is 23.0 Å². The van der Waals surface area contributed by atoms with E-state index in [1.807, 2.05) is 24.3 Å². The Morgan fingerprint density at radius 3 is 3.17 bits per heavy atom. The van der Waals surface area contributed by atoms with Gasteiger partial charge in [0.15, 0.2) is 0 Å². The SMILES string of the molecule is Brc1cccc(-c2noc(CC3CCCN3)n2)c1. The Bertz CT molecular complexity index is 535. The second-order valence-electron chi connectivity index (χ2n) is 4.52. The maximum Gasteiger partial charge on any atom is 0.228 e. The monoisotopic (exact) mass is 307 g/mol. The van der Waals surface area contributed by atoms with Gasteiger partial charge >= 0.3 is 0 Å². The van der Waals surface area contributed by atoms with Crippen LogP contribution < -0.4 is 5.32 Å². The van der Waals surface area contributed by atoms with Crippen LogP contribution in [-0.4, -0.2) is 22.7 Å². The first kappa shape index (κ1) is 11.9. The molecule has 1 aromatic heterocycles. The predicted octanol–water partition coefficient (Wildman–Crippen LogP) is 2.79. The van der Waals surface area contributed by atoms with E-state index in [-0.39, 0.29) is 0 Å². The molecule has 18 heavy (non-hydrogen) atoms. The third-order valence-electron chi connectivity index (χ3n) is 3.13. The molecule has 1 aliphatic rings. The van der Waals surface area contributed by atoms with Crippen molar-refractivity contribution in [3.63, 3.8) is 0 Å². The average molecular weight is 308 g/mol. The molecule has 1 N–H and O–H groups in total. The first-order chi connectivity index (χ1) is 8.81. The highest BCUT2D eigenvalue weighted by atomic mass is 79.9. The van der Waals surface area contributed by atoms with Gasteiger partial charge in [0.25, 0.3) is 0 Å². The smallest absolute Gasteiger partial charge is 0.228 e. The van der Waals surface area contributed by atoms with Crippen LogP contribution >= 0.6 is 15.9 Å². The number of halogens is 1. The molecule has 3 rings (SSSR count). The second-order valence-corrected chi connectivity index (χ2v) is 5.44. The number of nitrogens with one attached hydrogen (secondary N) is 1. The molecule has 0 aliphatic carbocycles. The molecule has 2 heterocycles. The third-order valence-corrected chi connectivity index (χ3v) is 3.63. The average Bonchev–Trinajstić information content (AvgIpc) is 3.01. The number of benzene rings is 1. The van der Waals surface area contributed by atoms with Crippen LogP contribution in [0.2, 0.25) is 0 Å². The van der Waals surface area contributed by atoms with E-state index < -0.39 is 0 Å². The maximum atomic E-state index is 5.30. The van der Waals surface area contributed by atoms with E-state index in [1.54, 1.807) is 0 Å². The van der Waals surface area contributed by atoms with E-state index in [2.05, 4.69) is 31.4 Å². The van der Waals surface area contributed by atoms with Crippen molar-refractivity contribution in [2.75, 3.05) is 6.54 Å². The molecule has 2 aromatic rings. The minimum Gasteiger partial charge on any atom is -0.339 e. The molecular formula is C13H14BrN3O. The second kappa shape index (κ2) is 5.20. The lowest BCUT2D eigenvalue weighted by Crippen LogP contribution is -2.23. The molecule has 1 aliphatic heterocycles. The van der Waals surface area contributed by atoms with E-state index >= 15 is 0 Å². The molecular weight excluding hydrogens is 294 g/mol. The predicted molar refractivity (Wildman–Crippen MR) is 72.2 cm³/mol. The fourth-order valence-corrected chi connectivity index (χ4v) is 2.62. The van der Waals surface area contributed by atoms with Crippen LogP contribution in [-0.2, 0) is 6.42 Å². The summed E-state index contributed by atoms with van der Waals surface area (Å²) in [7, 11) is 0. The van der Waals surface area contributed by atoms with Gasteiger partial charge < -0.3 is 9.84 Å². The first-order valence-corrected chi connectivity index (χ1v) is 6.92. The highest BCUT2D eigenvalue weighted by molar-refractivity contribution is 9.10. The maximum absolute atomic E-state index is 5.30. The largest absolute Gasteiger partial charge is 0.339 e. The number of aromatic nitrogens is 2. The highest BCUT2D eigenvalue weighted by Crippen LogP contribution is 2.21. The van der Waals surface area contributed by atoms with Gasteiger partial charge in [0.05, 0.1) is 0 Å². The molecule has 1 unspecified atom stereocenters. The van der Waals surface area contributed by atoms with Gasteiger partial charge in [0.1, 0.15) is 0 Å². The number of rotatable bonds is 3. The minimum absolute atomic E-state index is 0.487. The van der Waals surface area contributed by atoms with Crippen LogP contribution in [0.5, 0.6) is 0 Å². The Morgan fingerprint density at radius 2 is 2.39 bits per heavy atom. The summed E-state index contributed by atoms with van der Waals surface area (Å²) in [4.78, 5) is 4.45. The molecule has 0 bridgehead atoms. The summed E-state index contributed by atoms with van der Waals surface area (Å²) < 4.78 is 6.32. The van der Waals surface area contributed by atoms with Gasteiger partial charge in [-0.15, -0.1) is 0 Å². The number of hydrogen-bond donors (Lipinski definition) is 1. The lowest BCUT2D eigenvalue weighted by Gasteiger charge is -2.04. The van der Waals surface area contributed by atoms with Crippen molar-refractivity contribution in [1.29, 1.82) is 0 Å². The molecule has 0 radical (unpaired) electrons. The molecule has 94 valence electrons. The Labute approximate surface area is 114 Å². The standard InChI is InChI=1S/C13H14BrN3O/c14-10-4-1-3-9(7-10)13-16-12(18-17-13)8-11-5-2-6-15-11/h1,3-4,7,11,15H,2,5-6,8H2. The molecule has 5 heteroatoms. The van der Waals surface area contributed by atoms with Crippen LogP contribution in [0, 0.1) is 0 Å². The van der Waals surface area contributed by atoms with Crippen molar-refractivity contribution in [3.05, 3.63) is 34.6 Å². The highest BCUT2D eigenvalue weighted by Gasteiger charge is 2.18. The van der Waals surface area contributed by atoms with Crippen LogP contribution in [0.4, 0.5) is 0 Å². The summed E-state index contributed by atoms with van der Waals surface area (Å²) in [5.74, 6) is 1.37. The van der Waals surface area contributed by atoms with Gasteiger partial charge in [-0.25, -0.2) is 0 Å². The van der Waals surface area contributed by atoms with Crippen LogP contribution in [0.3, 0.4) is 0 Å². The summed E-state index contributed by atoms with van der Waals surface area (Å²) in [5, 5.41) is 7.46. The topological polar surface area (TPSA) is 51.0 Å². The molecule has 1 saturated heterocycles. The molecule has 1 aromatic carbocycles. The van der Waals surface area contributed by atoms with E-state index in [1.165, 1.54) is 12.8 Å². The lowest BCUT2D eigenvalue weighted by molar-refractivity contribution is 0.364. The fourth-order valence-electron chi connectivity index (χ4n) is 2.22. The Morgan fingerprint density at radius 1 is 1.44 bits per heavy atom. The molecule has 0 spiro atoms. The Kier molecular flexibility index (Phi) is 3.43. The van der Waals surface area contributed by atoms with Crippen molar-refractivity contribution in [2.45, 2.75) is 25.3 Å². The minimum atomic E-state index is 0.487. The zero-order chi connectivity index (χ0) is 12.4. The quantitative estimate of drug-likeness (QED) is 0.947. The Balaban J connectivity index is 1.76. The van der Waals surface area contributed by atoms with Crippen molar-refractivity contribution in [1.82, 2.24) is 15.5 Å². The third kappa shape index (κ3) is 2.62. The van der Waals surface area contributed by atoms with Gasteiger partial charge in [0.2, 0.25) is 11.7 Å². The zero-order valence-corrected chi connectivity index (χ0v) is 11.5. The van der Waals surface area contributed by atoms with Gasteiger partial charge in [-0.1, -0.05) is 33.2 Å². The van der Waals surface area contributed by atoms with Gasteiger partial charge in [-0.05, 0) is 31.5 Å². The Hall–Kier alpha value is -1.20. The summed E-state index contributed by atoms with van der Waals surface area (Å²) in [5.41, 5.74) is 0.971. The molecule has 4 nitrogen and oxygen atoms in total.